The number of piperidine rings is 1. The van der Waals surface area contributed by atoms with Gasteiger partial charge in [-0.05, 0) is 26.3 Å². The van der Waals surface area contributed by atoms with E-state index in [0.29, 0.717) is 6.04 Å². The summed E-state index contributed by atoms with van der Waals surface area (Å²) in [6.45, 7) is 6.02. The summed E-state index contributed by atoms with van der Waals surface area (Å²) >= 11 is 0. The summed E-state index contributed by atoms with van der Waals surface area (Å²) in [4.78, 5) is 2.50. The van der Waals surface area contributed by atoms with Crippen LogP contribution in [0.5, 0.6) is 0 Å². The molecule has 1 saturated heterocycles. The average molecular weight is 222 g/mol. The Bertz CT molecular complexity index is 321. The molecule has 1 atom stereocenters. The molecule has 0 saturated carbocycles. The van der Waals surface area contributed by atoms with Crippen molar-refractivity contribution in [2.75, 3.05) is 13.1 Å². The molecule has 4 nitrogen and oxygen atoms in total. The Balaban J connectivity index is 1.96. The molecule has 90 valence electrons. The molecule has 1 aliphatic rings. The molecule has 0 radical (unpaired) electrons. The summed E-state index contributed by atoms with van der Waals surface area (Å²) in [6.07, 6.45) is 8.00. The first-order chi connectivity index (χ1) is 7.83. The van der Waals surface area contributed by atoms with Gasteiger partial charge < -0.3 is 5.73 Å². The van der Waals surface area contributed by atoms with Gasteiger partial charge in [-0.1, -0.05) is 6.42 Å². The zero-order valence-corrected chi connectivity index (χ0v) is 10.1. The van der Waals surface area contributed by atoms with Gasteiger partial charge in [0.15, 0.2) is 0 Å². The van der Waals surface area contributed by atoms with Gasteiger partial charge in [0.05, 0.1) is 6.20 Å². The standard InChI is InChI=1S/C12H22N4/c1-2-16-10-11(8-14-16)9-15-6-4-3-5-12(15)7-13/h8,10,12H,2-7,9,13H2,1H3. The van der Waals surface area contributed by atoms with Crippen LogP contribution in [0.3, 0.4) is 0 Å². The average Bonchev–Trinajstić information content (AvgIpc) is 2.77. The zero-order valence-electron chi connectivity index (χ0n) is 10.1. The second-order valence-corrected chi connectivity index (χ2v) is 4.56. The van der Waals surface area contributed by atoms with Gasteiger partial charge >= 0.3 is 0 Å². The van der Waals surface area contributed by atoms with Gasteiger partial charge in [-0.3, -0.25) is 9.58 Å². The molecule has 4 heteroatoms. The molecule has 16 heavy (non-hydrogen) atoms. The molecular weight excluding hydrogens is 200 g/mol. The molecule has 0 aromatic carbocycles. The van der Waals surface area contributed by atoms with Crippen LogP contribution < -0.4 is 5.73 Å². The molecule has 1 aromatic heterocycles. The zero-order chi connectivity index (χ0) is 11.4. The lowest BCUT2D eigenvalue weighted by molar-refractivity contribution is 0.145. The normalized spacial score (nSPS) is 22.5. The monoisotopic (exact) mass is 222 g/mol. The van der Waals surface area contributed by atoms with Crippen molar-refractivity contribution in [2.45, 2.75) is 45.3 Å². The van der Waals surface area contributed by atoms with Gasteiger partial charge in [0, 0.05) is 37.4 Å². The van der Waals surface area contributed by atoms with Gasteiger partial charge in [0.2, 0.25) is 0 Å². The number of nitrogens with two attached hydrogens (primary N) is 1. The fraction of sp³-hybridized carbons (Fsp3) is 0.750. The molecule has 1 unspecified atom stereocenters. The minimum Gasteiger partial charge on any atom is -0.329 e. The van der Waals surface area contributed by atoms with Crippen molar-refractivity contribution in [3.63, 3.8) is 0 Å². The van der Waals surface area contributed by atoms with E-state index in [-0.39, 0.29) is 0 Å². The molecule has 2 heterocycles. The maximum absolute atomic E-state index is 5.82. The molecule has 1 fully saturated rings. The first-order valence-corrected chi connectivity index (χ1v) is 6.29. The van der Waals surface area contributed by atoms with E-state index in [4.69, 9.17) is 5.73 Å². The van der Waals surface area contributed by atoms with E-state index in [0.717, 1.165) is 19.6 Å². The molecule has 1 aromatic rings. The van der Waals surface area contributed by atoms with Gasteiger partial charge in [-0.25, -0.2) is 0 Å². The maximum Gasteiger partial charge on any atom is 0.0534 e. The highest BCUT2D eigenvalue weighted by Crippen LogP contribution is 2.18. The van der Waals surface area contributed by atoms with Crippen LogP contribution in [0.25, 0.3) is 0 Å². The van der Waals surface area contributed by atoms with Gasteiger partial charge in [-0.2, -0.15) is 5.10 Å². The van der Waals surface area contributed by atoms with Crippen molar-refractivity contribution >= 4 is 0 Å². The molecule has 0 aliphatic carbocycles. The number of hydrogen-bond acceptors (Lipinski definition) is 3. The third-order valence-electron chi connectivity index (χ3n) is 3.42. The SMILES string of the molecule is CCn1cc(CN2CCCCC2CN)cn1. The highest BCUT2D eigenvalue weighted by molar-refractivity contribution is 5.04. The second-order valence-electron chi connectivity index (χ2n) is 4.56. The van der Waals surface area contributed by atoms with Crippen LogP contribution in [0.4, 0.5) is 0 Å². The van der Waals surface area contributed by atoms with Gasteiger partial charge in [0.1, 0.15) is 0 Å². The van der Waals surface area contributed by atoms with Crippen LogP contribution in [-0.4, -0.2) is 33.8 Å². The summed E-state index contributed by atoms with van der Waals surface area (Å²) in [5, 5.41) is 4.31. The lowest BCUT2D eigenvalue weighted by Crippen LogP contribution is -2.43. The van der Waals surface area contributed by atoms with E-state index in [2.05, 4.69) is 23.1 Å². The number of aryl methyl sites for hydroxylation is 1. The fourth-order valence-electron chi connectivity index (χ4n) is 2.43. The van der Waals surface area contributed by atoms with Gasteiger partial charge in [0.25, 0.3) is 0 Å². The molecule has 0 amide bonds. The number of aromatic nitrogens is 2. The Labute approximate surface area is 97.4 Å². The van der Waals surface area contributed by atoms with E-state index in [1.54, 1.807) is 0 Å². The smallest absolute Gasteiger partial charge is 0.0534 e. The molecular formula is C12H22N4. The first kappa shape index (κ1) is 11.6. The summed E-state index contributed by atoms with van der Waals surface area (Å²) in [7, 11) is 0. The fourth-order valence-corrected chi connectivity index (χ4v) is 2.43. The van der Waals surface area contributed by atoms with Crippen molar-refractivity contribution in [3.8, 4) is 0 Å². The second kappa shape index (κ2) is 5.46. The van der Waals surface area contributed by atoms with Crippen molar-refractivity contribution in [3.05, 3.63) is 18.0 Å². The molecule has 0 spiro atoms. The third kappa shape index (κ3) is 2.62. The van der Waals surface area contributed by atoms with E-state index in [1.807, 2.05) is 10.9 Å². The molecule has 0 bridgehead atoms. The highest BCUT2D eigenvalue weighted by atomic mass is 15.3. The molecule has 2 rings (SSSR count). The minimum atomic E-state index is 0.568. The maximum atomic E-state index is 5.82. The largest absolute Gasteiger partial charge is 0.329 e. The predicted molar refractivity (Wildman–Crippen MR) is 65.0 cm³/mol. The van der Waals surface area contributed by atoms with Crippen molar-refractivity contribution in [1.82, 2.24) is 14.7 Å². The number of hydrogen-bond donors (Lipinski definition) is 1. The summed E-state index contributed by atoms with van der Waals surface area (Å²) in [5.74, 6) is 0. The Morgan fingerprint density at radius 1 is 1.50 bits per heavy atom. The van der Waals surface area contributed by atoms with E-state index in [1.165, 1.54) is 31.4 Å². The van der Waals surface area contributed by atoms with Gasteiger partial charge in [-0.15, -0.1) is 0 Å². The number of rotatable bonds is 4. The summed E-state index contributed by atoms with van der Waals surface area (Å²) < 4.78 is 1.98. The Morgan fingerprint density at radius 3 is 3.06 bits per heavy atom. The number of likely N-dealkylation sites (tertiary alicyclic amines) is 1. The lowest BCUT2D eigenvalue weighted by Gasteiger charge is -2.34. The van der Waals surface area contributed by atoms with Crippen molar-refractivity contribution < 1.29 is 0 Å². The van der Waals surface area contributed by atoms with Crippen molar-refractivity contribution in [1.29, 1.82) is 0 Å². The first-order valence-electron chi connectivity index (χ1n) is 6.29. The van der Waals surface area contributed by atoms with Crippen LogP contribution in [-0.2, 0) is 13.1 Å². The van der Waals surface area contributed by atoms with Crippen LogP contribution in [0.15, 0.2) is 12.4 Å². The minimum absolute atomic E-state index is 0.568. The topological polar surface area (TPSA) is 47.1 Å². The van der Waals surface area contributed by atoms with E-state index < -0.39 is 0 Å². The molecule has 1 aliphatic heterocycles. The highest BCUT2D eigenvalue weighted by Gasteiger charge is 2.21. The molecule has 2 N–H and O–H groups in total. The van der Waals surface area contributed by atoms with Crippen molar-refractivity contribution in [2.24, 2.45) is 5.73 Å². The van der Waals surface area contributed by atoms with Crippen LogP contribution in [0, 0.1) is 0 Å². The van der Waals surface area contributed by atoms with E-state index >= 15 is 0 Å². The lowest BCUT2D eigenvalue weighted by atomic mass is 10.0. The predicted octanol–water partition coefficient (Wildman–Crippen LogP) is 1.22. The Kier molecular flexibility index (Phi) is 3.96. The summed E-state index contributed by atoms with van der Waals surface area (Å²) in [6, 6.07) is 0.568. The number of nitrogens with zero attached hydrogens (tertiary/aromatic N) is 3. The third-order valence-corrected chi connectivity index (χ3v) is 3.42. The van der Waals surface area contributed by atoms with Crippen LogP contribution >= 0.6 is 0 Å². The van der Waals surface area contributed by atoms with E-state index in [9.17, 15) is 0 Å². The Morgan fingerprint density at radius 2 is 2.38 bits per heavy atom. The summed E-state index contributed by atoms with van der Waals surface area (Å²) in [5.41, 5.74) is 7.12. The van der Waals surface area contributed by atoms with Crippen LogP contribution in [0.2, 0.25) is 0 Å². The Hall–Kier alpha value is -0.870. The van der Waals surface area contributed by atoms with Crippen LogP contribution in [0.1, 0.15) is 31.7 Å². The quantitative estimate of drug-likeness (QED) is 0.833.